The second-order valence-corrected chi connectivity index (χ2v) is 13.8. The van der Waals surface area contributed by atoms with E-state index in [-0.39, 0.29) is 17.1 Å². The Morgan fingerprint density at radius 2 is 0.625 bits per heavy atom. The minimum atomic E-state index is -0.583. The van der Waals surface area contributed by atoms with Crippen LogP contribution < -0.4 is 31.8 Å². The number of halogens is 2. The SMILES string of the molecule is [Cl][Co][Cl].[Fe].[c-]1[c-][c-][c-](P(c2ccccc2)c2ccccc2)[c-]1.[c-]1[c-][c-][c-](P(c2ccccc2)c2ccccc2)[c-]1. The van der Waals surface area contributed by atoms with Crippen molar-refractivity contribution in [3.8, 4) is 0 Å². The van der Waals surface area contributed by atoms with Gasteiger partial charge in [0.15, 0.2) is 0 Å². The Morgan fingerprint density at radius 1 is 0.425 bits per heavy atom. The van der Waals surface area contributed by atoms with E-state index in [4.69, 9.17) is 20.3 Å². The van der Waals surface area contributed by atoms with Crippen molar-refractivity contribution in [1.82, 2.24) is 0 Å². The smallest absolute Gasteiger partial charge is 0 e. The molecule has 0 bridgehead atoms. The fourth-order valence-corrected chi connectivity index (χ4v) is 7.95. The summed E-state index contributed by atoms with van der Waals surface area (Å²) < 4.78 is 0. The Bertz CT molecular complexity index is 1240. The molecule has 0 aliphatic heterocycles. The van der Waals surface area contributed by atoms with E-state index in [1.165, 1.54) is 21.2 Å². The first-order valence-electron chi connectivity index (χ1n) is 11.7. The van der Waals surface area contributed by atoms with Gasteiger partial charge in [0.25, 0.3) is 0 Å². The monoisotopic (exact) mass is 675 g/mol. The maximum Gasteiger partial charge on any atom is 0 e. The molecule has 0 saturated carbocycles. The van der Waals surface area contributed by atoms with Crippen molar-refractivity contribution < 1.29 is 30.0 Å². The van der Waals surface area contributed by atoms with Gasteiger partial charge in [0.05, 0.1) is 0 Å². The second-order valence-electron chi connectivity index (χ2n) is 7.76. The maximum atomic E-state index is 4.73. The third-order valence-electron chi connectivity index (χ3n) is 5.35. The average molecular weight is 676 g/mol. The molecule has 0 nitrogen and oxygen atoms in total. The maximum absolute atomic E-state index is 4.73. The van der Waals surface area contributed by atoms with Crippen LogP contribution in [0.15, 0.2) is 121 Å². The molecule has 0 aromatic heterocycles. The zero-order valence-electron chi connectivity index (χ0n) is 20.9. The summed E-state index contributed by atoms with van der Waals surface area (Å²) >= 11 is 0.382. The van der Waals surface area contributed by atoms with Crippen LogP contribution in [0, 0.1) is 48.5 Å². The third kappa shape index (κ3) is 9.56. The largest absolute Gasteiger partial charge is 0.998 e. The number of rotatable bonds is 6. The van der Waals surface area contributed by atoms with Crippen LogP contribution in [0.4, 0.5) is 0 Å². The molecule has 0 unspecified atom stereocenters. The zero-order valence-corrected chi connectivity index (χ0v) is 26.3. The number of benzene rings is 4. The minimum Gasteiger partial charge on any atom is -0.998 e. The van der Waals surface area contributed by atoms with Gasteiger partial charge >= 0.3 is 33.2 Å². The van der Waals surface area contributed by atoms with Crippen molar-refractivity contribution in [2.45, 2.75) is 0 Å². The summed E-state index contributed by atoms with van der Waals surface area (Å²) in [6.45, 7) is 0. The van der Waals surface area contributed by atoms with Crippen LogP contribution >= 0.6 is 36.1 Å². The Labute approximate surface area is 266 Å². The molecule has 0 atom stereocenters. The molecule has 0 radical (unpaired) electrons. The van der Waals surface area contributed by atoms with Crippen LogP contribution in [0.5, 0.6) is 0 Å². The van der Waals surface area contributed by atoms with Gasteiger partial charge < -0.3 is 59.1 Å². The number of hydrogen-bond donors (Lipinski definition) is 0. The van der Waals surface area contributed by atoms with Crippen molar-refractivity contribution in [3.05, 3.63) is 170 Å². The molecule has 0 fully saturated rings. The summed E-state index contributed by atoms with van der Waals surface area (Å²) in [4.78, 5) is 0. The zero-order chi connectivity index (χ0) is 27.1. The Balaban J connectivity index is 0.000000197. The molecule has 0 heterocycles. The van der Waals surface area contributed by atoms with Gasteiger partial charge in [-0.1, -0.05) is 143 Å². The summed E-state index contributed by atoms with van der Waals surface area (Å²) in [6, 6.07) is 66.0. The second kappa shape index (κ2) is 18.5. The Hall–Kier alpha value is -1.95. The summed E-state index contributed by atoms with van der Waals surface area (Å²) in [5, 5.41) is 7.33. The van der Waals surface area contributed by atoms with Crippen molar-refractivity contribution >= 4 is 68.0 Å². The molecule has 0 N–H and O–H groups in total. The van der Waals surface area contributed by atoms with Gasteiger partial charge in [0.1, 0.15) is 0 Å². The van der Waals surface area contributed by atoms with Gasteiger partial charge in [-0.05, 0) is 0 Å². The fraction of sp³-hybridized carbons (Fsp3) is 0. The van der Waals surface area contributed by atoms with E-state index in [0.717, 1.165) is 10.6 Å². The predicted octanol–water partition coefficient (Wildman–Crippen LogP) is 6.10. The van der Waals surface area contributed by atoms with E-state index in [2.05, 4.69) is 146 Å². The Morgan fingerprint density at radius 3 is 0.825 bits per heavy atom. The molecular weight excluding hydrogens is 656 g/mol. The van der Waals surface area contributed by atoms with E-state index in [1.807, 2.05) is 24.3 Å². The van der Waals surface area contributed by atoms with Crippen LogP contribution in [0.2, 0.25) is 0 Å². The van der Waals surface area contributed by atoms with E-state index in [1.54, 1.807) is 0 Å². The molecule has 6 aromatic rings. The molecule has 0 saturated heterocycles. The van der Waals surface area contributed by atoms with Gasteiger partial charge in [0, 0.05) is 17.1 Å². The molecule has 0 aliphatic carbocycles. The van der Waals surface area contributed by atoms with E-state index in [0.29, 0.717) is 12.9 Å². The third-order valence-corrected chi connectivity index (χ3v) is 9.95. The molecule has 0 spiro atoms. The van der Waals surface area contributed by atoms with Crippen molar-refractivity contribution in [1.29, 1.82) is 0 Å². The van der Waals surface area contributed by atoms with E-state index < -0.39 is 15.8 Å². The molecule has 6 aromatic carbocycles. The Kier molecular flexibility index (Phi) is 15.0. The van der Waals surface area contributed by atoms with Crippen LogP contribution in [-0.4, -0.2) is 0 Å². The first-order valence-corrected chi connectivity index (χ1v) is 17.3. The first-order chi connectivity index (χ1) is 19.3. The summed E-state index contributed by atoms with van der Waals surface area (Å²) in [5.74, 6) is 0. The average Bonchev–Trinajstić information content (AvgIpc) is 3.72. The van der Waals surface area contributed by atoms with E-state index >= 15 is 0 Å². The van der Waals surface area contributed by atoms with Crippen molar-refractivity contribution in [3.63, 3.8) is 0 Å². The number of hydrogen-bond acceptors (Lipinski definition) is 0. The molecule has 40 heavy (non-hydrogen) atoms. The molecule has 207 valence electrons. The first kappa shape index (κ1) is 32.6. The fourth-order valence-electron chi connectivity index (χ4n) is 3.77. The van der Waals surface area contributed by atoms with Gasteiger partial charge in [-0.2, -0.15) is 0 Å². The molecular formula is C34H20Cl2CoFeP2-10. The van der Waals surface area contributed by atoms with Crippen LogP contribution in [0.1, 0.15) is 0 Å². The molecule has 0 amide bonds. The van der Waals surface area contributed by atoms with E-state index in [9.17, 15) is 0 Å². The van der Waals surface area contributed by atoms with Crippen LogP contribution in [0.3, 0.4) is 0 Å². The molecule has 6 heteroatoms. The summed E-state index contributed by atoms with van der Waals surface area (Å²) in [5.41, 5.74) is 0. The molecule has 6 rings (SSSR count). The normalized spacial score (nSPS) is 10.2. The summed E-state index contributed by atoms with van der Waals surface area (Å²) in [6.07, 6.45) is 0. The van der Waals surface area contributed by atoms with Gasteiger partial charge in [0.2, 0.25) is 0 Å². The van der Waals surface area contributed by atoms with Crippen molar-refractivity contribution in [2.24, 2.45) is 0 Å². The standard InChI is InChI=1S/2C17H10P.2ClH.Co.Fe/c2*1-3-9-15(10-4-1)18(17-13-7-8-14-17)16-11-5-2-6-12-16;;;;/h2*1-6,9-12H;2*1H;;/q2*-5;;;+2;/p-2. The predicted molar refractivity (Wildman–Crippen MR) is 164 cm³/mol. The van der Waals surface area contributed by atoms with Crippen LogP contribution in [-0.2, 0) is 30.0 Å². The van der Waals surface area contributed by atoms with Gasteiger partial charge in [-0.25, -0.2) is 15.8 Å². The summed E-state index contributed by atoms with van der Waals surface area (Å²) in [7, 11) is 8.30. The topological polar surface area (TPSA) is 0 Å². The quantitative estimate of drug-likeness (QED) is 0.114. The molecule has 0 aliphatic rings. The van der Waals surface area contributed by atoms with Crippen LogP contribution in [0.25, 0.3) is 0 Å². The van der Waals surface area contributed by atoms with Crippen molar-refractivity contribution in [2.75, 3.05) is 0 Å². The minimum absolute atomic E-state index is 0. The van der Waals surface area contributed by atoms with Gasteiger partial charge in [-0.3, -0.25) is 0 Å². The van der Waals surface area contributed by atoms with Gasteiger partial charge in [-0.15, -0.1) is 0 Å².